The molecular formula is C18H21FN2O8S. The van der Waals surface area contributed by atoms with Gasteiger partial charge in [0.25, 0.3) is 11.8 Å². The zero-order chi connectivity index (χ0) is 22.6. The van der Waals surface area contributed by atoms with Crippen LogP contribution in [0.4, 0.5) is 4.39 Å². The molecule has 1 aliphatic rings. The number of hydroxylamine groups is 2. The molecule has 0 saturated heterocycles. The number of aliphatic hydroxyl groups is 1. The van der Waals surface area contributed by atoms with Crippen molar-refractivity contribution in [1.29, 1.82) is 0 Å². The highest BCUT2D eigenvalue weighted by Gasteiger charge is 2.36. The molecule has 1 heterocycles. The second-order valence-electron chi connectivity index (χ2n) is 6.60. The van der Waals surface area contributed by atoms with Gasteiger partial charge in [-0.2, -0.15) is 0 Å². The molecule has 0 bridgehead atoms. The first-order valence-corrected chi connectivity index (χ1v) is 10.6. The zero-order valence-electron chi connectivity index (χ0n) is 16.3. The van der Waals surface area contributed by atoms with Gasteiger partial charge < -0.3 is 15.1 Å². The molecule has 30 heavy (non-hydrogen) atoms. The molecule has 0 aromatic heterocycles. The maximum atomic E-state index is 13.5. The highest BCUT2D eigenvalue weighted by molar-refractivity contribution is 7.90. The van der Waals surface area contributed by atoms with Gasteiger partial charge in [-0.15, -0.1) is 0 Å². The van der Waals surface area contributed by atoms with Crippen LogP contribution in [-0.4, -0.2) is 72.8 Å². The van der Waals surface area contributed by atoms with Crippen LogP contribution in [0.3, 0.4) is 0 Å². The molecule has 2 N–H and O–H groups in total. The largest absolute Gasteiger partial charge is 0.503 e. The number of carbonyl (C=O) groups is 3. The summed E-state index contributed by atoms with van der Waals surface area (Å²) in [5.41, 5.74) is -0.197. The van der Waals surface area contributed by atoms with Crippen LogP contribution in [-0.2, 0) is 35.6 Å². The monoisotopic (exact) mass is 444 g/mol. The fourth-order valence-electron chi connectivity index (χ4n) is 2.92. The van der Waals surface area contributed by atoms with Crippen LogP contribution in [0.1, 0.15) is 18.4 Å². The molecule has 0 aliphatic carbocycles. The molecule has 12 heteroatoms. The molecule has 164 valence electrons. The number of carboxylic acids is 1. The Balaban J connectivity index is 2.21. The molecular weight excluding hydrogens is 423 g/mol. The lowest BCUT2D eigenvalue weighted by Crippen LogP contribution is -2.34. The van der Waals surface area contributed by atoms with Crippen molar-refractivity contribution in [1.82, 2.24) is 9.96 Å². The Bertz CT molecular complexity index is 1010. The fraction of sp³-hybridized carbons (Fsp3) is 0.389. The van der Waals surface area contributed by atoms with Crippen LogP contribution in [0.15, 0.2) is 34.4 Å². The lowest BCUT2D eigenvalue weighted by Gasteiger charge is -2.22. The summed E-state index contributed by atoms with van der Waals surface area (Å²) in [4.78, 5) is 41.3. The topological polar surface area (TPSA) is 142 Å². The first kappa shape index (κ1) is 23.3. The van der Waals surface area contributed by atoms with E-state index in [0.717, 1.165) is 35.5 Å². The van der Waals surface area contributed by atoms with Crippen molar-refractivity contribution >= 4 is 27.6 Å². The van der Waals surface area contributed by atoms with Crippen LogP contribution in [0.25, 0.3) is 0 Å². The average Bonchev–Trinajstić information content (AvgIpc) is 2.94. The minimum atomic E-state index is -3.81. The van der Waals surface area contributed by atoms with Gasteiger partial charge in [-0.3, -0.25) is 19.2 Å². The van der Waals surface area contributed by atoms with Crippen molar-refractivity contribution in [3.8, 4) is 0 Å². The molecule has 2 rings (SSSR count). The van der Waals surface area contributed by atoms with E-state index in [1.807, 2.05) is 0 Å². The predicted octanol–water partition coefficient (Wildman–Crippen LogP) is 0.638. The second kappa shape index (κ2) is 9.22. The number of nitrogens with zero attached hydrogens (tertiary/aromatic N) is 2. The van der Waals surface area contributed by atoms with Crippen LogP contribution in [0.5, 0.6) is 0 Å². The number of aliphatic hydroxyl groups excluding tert-OH is 1. The highest BCUT2D eigenvalue weighted by Crippen LogP contribution is 2.23. The Morgan fingerprint density at radius 1 is 1.33 bits per heavy atom. The third-order valence-electron chi connectivity index (χ3n) is 4.39. The predicted molar refractivity (Wildman–Crippen MR) is 100 cm³/mol. The van der Waals surface area contributed by atoms with E-state index in [2.05, 4.69) is 0 Å². The van der Waals surface area contributed by atoms with Crippen molar-refractivity contribution in [2.75, 3.05) is 26.5 Å². The van der Waals surface area contributed by atoms with E-state index in [1.54, 1.807) is 0 Å². The number of aliphatic carboxylic acids is 1. The molecule has 1 aliphatic heterocycles. The Morgan fingerprint density at radius 3 is 2.57 bits per heavy atom. The minimum Gasteiger partial charge on any atom is -0.503 e. The van der Waals surface area contributed by atoms with E-state index in [0.29, 0.717) is 0 Å². The Morgan fingerprint density at radius 2 is 2.00 bits per heavy atom. The summed E-state index contributed by atoms with van der Waals surface area (Å²) in [5.74, 6) is -4.30. The first-order valence-electron chi connectivity index (χ1n) is 8.73. The molecule has 0 radical (unpaired) electrons. The van der Waals surface area contributed by atoms with Gasteiger partial charge in [0.05, 0.1) is 30.7 Å². The van der Waals surface area contributed by atoms with Gasteiger partial charge in [-0.25, -0.2) is 17.9 Å². The van der Waals surface area contributed by atoms with Gasteiger partial charge in [0, 0.05) is 19.2 Å². The number of carboxylic acid groups (broad SMARTS) is 1. The Hall–Kier alpha value is -2.99. The zero-order valence-corrected chi connectivity index (χ0v) is 17.1. The van der Waals surface area contributed by atoms with Crippen LogP contribution in [0.2, 0.25) is 0 Å². The highest BCUT2D eigenvalue weighted by atomic mass is 32.2. The summed E-state index contributed by atoms with van der Waals surface area (Å²) in [6.07, 6.45) is 0.844. The van der Waals surface area contributed by atoms with Gasteiger partial charge >= 0.3 is 5.97 Å². The van der Waals surface area contributed by atoms with Gasteiger partial charge in [-0.05, 0) is 24.1 Å². The quantitative estimate of drug-likeness (QED) is 0.529. The molecule has 10 nitrogen and oxygen atoms in total. The number of hydrogen-bond acceptors (Lipinski definition) is 7. The van der Waals surface area contributed by atoms with E-state index in [4.69, 9.17) is 9.94 Å². The molecule has 0 spiro atoms. The third-order valence-corrected chi connectivity index (χ3v) is 5.57. The van der Waals surface area contributed by atoms with E-state index < -0.39 is 39.2 Å². The van der Waals surface area contributed by atoms with E-state index >= 15 is 0 Å². The smallest absolute Gasteiger partial charge is 0.303 e. The van der Waals surface area contributed by atoms with Crippen molar-refractivity contribution in [2.45, 2.75) is 24.3 Å². The number of hydrogen-bond donors (Lipinski definition) is 2. The fourth-order valence-corrected chi connectivity index (χ4v) is 3.85. The van der Waals surface area contributed by atoms with Crippen LogP contribution in [0, 0.1) is 5.82 Å². The summed E-state index contributed by atoms with van der Waals surface area (Å²) in [7, 11) is -2.67. The molecule has 0 unspecified atom stereocenters. The van der Waals surface area contributed by atoms with Crippen molar-refractivity contribution in [2.24, 2.45) is 0 Å². The minimum absolute atomic E-state index is 0.0230. The van der Waals surface area contributed by atoms with Crippen LogP contribution >= 0.6 is 0 Å². The van der Waals surface area contributed by atoms with Gasteiger partial charge in [0.15, 0.2) is 15.6 Å². The Kier molecular flexibility index (Phi) is 7.16. The molecule has 0 saturated carbocycles. The lowest BCUT2D eigenvalue weighted by atomic mass is 10.2. The second-order valence-corrected chi connectivity index (χ2v) is 8.58. The molecule has 1 aromatic carbocycles. The van der Waals surface area contributed by atoms with Gasteiger partial charge in [0.1, 0.15) is 5.82 Å². The number of rotatable bonds is 9. The average molecular weight is 444 g/mol. The SMILES string of the molecule is CON(Cc1ccc(F)cc1S(C)(=O)=O)C(=O)C1=C(O)C(=O)N(CCCC(=O)O)C1. The Labute approximate surface area is 172 Å². The number of carbonyl (C=O) groups excluding carboxylic acids is 2. The number of amides is 2. The molecule has 0 atom stereocenters. The lowest BCUT2D eigenvalue weighted by molar-refractivity contribution is -0.175. The number of sulfone groups is 1. The number of halogens is 1. The van der Waals surface area contributed by atoms with Crippen LogP contribution < -0.4 is 0 Å². The third kappa shape index (κ3) is 5.33. The molecule has 0 fully saturated rings. The summed E-state index contributed by atoms with van der Waals surface area (Å²) in [5, 5.41) is 19.5. The normalized spacial score (nSPS) is 14.4. The van der Waals surface area contributed by atoms with Crippen molar-refractivity contribution < 1.29 is 42.2 Å². The standard InChI is InChI=1S/C18H21FN2O8S/c1-29-21(9-11-5-6-12(19)8-14(11)30(2,27)28)17(25)13-10-20(18(26)16(13)24)7-3-4-15(22)23/h5-6,8,24H,3-4,7,9-10H2,1-2H3,(H,22,23). The molecule has 1 aromatic rings. The van der Waals surface area contributed by atoms with E-state index in [1.165, 1.54) is 6.07 Å². The molecule has 2 amide bonds. The summed E-state index contributed by atoms with van der Waals surface area (Å²) >= 11 is 0. The maximum absolute atomic E-state index is 13.5. The van der Waals surface area contributed by atoms with Crippen molar-refractivity contribution in [3.05, 3.63) is 40.9 Å². The van der Waals surface area contributed by atoms with Crippen molar-refractivity contribution in [3.63, 3.8) is 0 Å². The van der Waals surface area contributed by atoms with Gasteiger partial charge in [0.2, 0.25) is 0 Å². The van der Waals surface area contributed by atoms with E-state index in [-0.39, 0.29) is 48.5 Å². The van der Waals surface area contributed by atoms with Gasteiger partial charge in [-0.1, -0.05) is 6.07 Å². The maximum Gasteiger partial charge on any atom is 0.303 e. The summed E-state index contributed by atoms with van der Waals surface area (Å²) in [6.45, 7) is -0.623. The van der Waals surface area contributed by atoms with E-state index in [9.17, 15) is 32.3 Å². The summed E-state index contributed by atoms with van der Waals surface area (Å²) < 4.78 is 37.4. The number of benzene rings is 1. The first-order chi connectivity index (χ1) is 14.0. The summed E-state index contributed by atoms with van der Waals surface area (Å²) in [6, 6.07) is 3.04.